The summed E-state index contributed by atoms with van der Waals surface area (Å²) in [6.07, 6.45) is -3.55. The van der Waals surface area contributed by atoms with Crippen molar-refractivity contribution in [2.75, 3.05) is 0 Å². The van der Waals surface area contributed by atoms with Crippen molar-refractivity contribution in [1.82, 2.24) is 9.97 Å². The molecule has 32 heavy (non-hydrogen) atoms. The Kier molecular flexibility index (Phi) is 4.65. The summed E-state index contributed by atoms with van der Waals surface area (Å²) in [4.78, 5) is 7.99. The number of nitrogens with one attached hydrogen (secondary N) is 1. The molecule has 4 aromatic rings. The summed E-state index contributed by atoms with van der Waals surface area (Å²) in [5, 5.41) is 5.35. The van der Waals surface area contributed by atoms with Crippen LogP contribution in [-0.2, 0) is 16.2 Å². The monoisotopic (exact) mass is 457 g/mol. The topological polar surface area (TPSA) is 88.8 Å². The third-order valence-corrected chi connectivity index (χ3v) is 6.78. The maximum atomic E-state index is 12.8. The average molecular weight is 457 g/mol. The van der Waals surface area contributed by atoms with Crippen LogP contribution in [0.2, 0.25) is 0 Å². The molecule has 3 aromatic carbocycles. The number of halogens is 3. The van der Waals surface area contributed by atoms with Crippen LogP contribution in [0.15, 0.2) is 71.6 Å². The third-order valence-electron chi connectivity index (χ3n) is 5.81. The standard InChI is InChI=1S/C23H18F3N3O2S/c24-23(25,26)15-8-5-13(6-9-15)17-12-18(17)22-28-19-10-7-14(11-20(19)29-22)16-3-1-2-4-21(16)32(27,30)31/h1-11,17-18H,12H2,(H,28,29)(H2,27,30,31)/t17-,18-/m1/s1. The van der Waals surface area contributed by atoms with Crippen LogP contribution >= 0.6 is 0 Å². The average Bonchev–Trinajstić information content (AvgIpc) is 3.44. The Morgan fingerprint density at radius 2 is 1.69 bits per heavy atom. The van der Waals surface area contributed by atoms with Gasteiger partial charge in [0.05, 0.1) is 21.5 Å². The minimum Gasteiger partial charge on any atom is -0.342 e. The molecule has 1 aromatic heterocycles. The zero-order chi connectivity index (χ0) is 22.7. The number of hydrogen-bond donors (Lipinski definition) is 2. The predicted molar refractivity (Wildman–Crippen MR) is 114 cm³/mol. The van der Waals surface area contributed by atoms with Crippen LogP contribution in [0.4, 0.5) is 13.2 Å². The van der Waals surface area contributed by atoms with Gasteiger partial charge in [-0.05, 0) is 53.8 Å². The second-order valence-corrected chi connectivity index (χ2v) is 9.49. The van der Waals surface area contributed by atoms with Gasteiger partial charge in [-0.25, -0.2) is 18.5 Å². The molecule has 0 spiro atoms. The van der Waals surface area contributed by atoms with Gasteiger partial charge in [-0.2, -0.15) is 13.2 Å². The highest BCUT2D eigenvalue weighted by molar-refractivity contribution is 7.89. The summed E-state index contributed by atoms with van der Waals surface area (Å²) in [5.74, 6) is 0.974. The molecule has 164 valence electrons. The lowest BCUT2D eigenvalue weighted by atomic mass is 10.1. The minimum atomic E-state index is -4.35. The van der Waals surface area contributed by atoms with Gasteiger partial charge in [0.25, 0.3) is 0 Å². The van der Waals surface area contributed by atoms with Crippen molar-refractivity contribution in [1.29, 1.82) is 0 Å². The Morgan fingerprint density at radius 1 is 0.969 bits per heavy atom. The molecule has 2 atom stereocenters. The van der Waals surface area contributed by atoms with Gasteiger partial charge >= 0.3 is 6.18 Å². The second-order valence-electron chi connectivity index (χ2n) is 7.96. The van der Waals surface area contributed by atoms with E-state index in [2.05, 4.69) is 9.97 Å². The van der Waals surface area contributed by atoms with Crippen molar-refractivity contribution >= 4 is 21.1 Å². The van der Waals surface area contributed by atoms with E-state index in [1.807, 2.05) is 6.07 Å². The molecule has 1 aliphatic rings. The van der Waals surface area contributed by atoms with Crippen LogP contribution in [0.5, 0.6) is 0 Å². The molecule has 0 amide bonds. The number of H-pyrrole nitrogens is 1. The van der Waals surface area contributed by atoms with Gasteiger partial charge in [0, 0.05) is 11.5 Å². The maximum Gasteiger partial charge on any atom is 0.416 e. The van der Waals surface area contributed by atoms with Crippen LogP contribution in [0.1, 0.15) is 35.2 Å². The van der Waals surface area contributed by atoms with Gasteiger partial charge in [0.1, 0.15) is 5.82 Å². The van der Waals surface area contributed by atoms with E-state index in [1.165, 1.54) is 18.2 Å². The molecule has 0 aliphatic heterocycles. The number of primary sulfonamides is 1. The first kappa shape index (κ1) is 20.7. The molecule has 0 unspecified atom stereocenters. The molecule has 1 heterocycles. The van der Waals surface area contributed by atoms with Crippen molar-refractivity contribution in [2.24, 2.45) is 5.14 Å². The van der Waals surface area contributed by atoms with E-state index in [0.717, 1.165) is 35.5 Å². The lowest BCUT2D eigenvalue weighted by Crippen LogP contribution is -2.13. The first-order valence-electron chi connectivity index (χ1n) is 9.90. The third kappa shape index (κ3) is 3.78. The van der Waals surface area contributed by atoms with Crippen LogP contribution < -0.4 is 5.14 Å². The lowest BCUT2D eigenvalue weighted by Gasteiger charge is -2.07. The molecular formula is C23H18F3N3O2S. The molecular weight excluding hydrogens is 439 g/mol. The van der Waals surface area contributed by atoms with E-state index in [4.69, 9.17) is 5.14 Å². The number of aromatic amines is 1. The zero-order valence-corrected chi connectivity index (χ0v) is 17.4. The van der Waals surface area contributed by atoms with Gasteiger partial charge in [0.2, 0.25) is 10.0 Å². The number of imidazole rings is 1. The van der Waals surface area contributed by atoms with Crippen LogP contribution in [0, 0.1) is 0 Å². The molecule has 1 fully saturated rings. The SMILES string of the molecule is NS(=O)(=O)c1ccccc1-c1ccc2[nH]c([C@@H]3C[C@@H]3c3ccc(C(F)(F)F)cc3)nc2c1. The Bertz CT molecular complexity index is 1430. The molecule has 3 N–H and O–H groups in total. The summed E-state index contributed by atoms with van der Waals surface area (Å²) in [6, 6.07) is 17.2. The van der Waals surface area contributed by atoms with Gasteiger partial charge in [-0.15, -0.1) is 0 Å². The van der Waals surface area contributed by atoms with E-state index >= 15 is 0 Å². The molecule has 0 radical (unpaired) electrons. The molecule has 1 aliphatic carbocycles. The number of rotatable bonds is 4. The quantitative estimate of drug-likeness (QED) is 0.443. The first-order valence-corrected chi connectivity index (χ1v) is 11.4. The molecule has 5 rings (SSSR count). The number of sulfonamides is 1. The number of benzene rings is 3. The number of fused-ring (bicyclic) bond motifs is 1. The summed E-state index contributed by atoms with van der Waals surface area (Å²) < 4.78 is 62.2. The summed E-state index contributed by atoms with van der Waals surface area (Å²) in [5.41, 5.74) is 2.85. The highest BCUT2D eigenvalue weighted by Crippen LogP contribution is 2.54. The summed E-state index contributed by atoms with van der Waals surface area (Å²) in [7, 11) is -3.88. The van der Waals surface area contributed by atoms with Crippen LogP contribution in [-0.4, -0.2) is 18.4 Å². The first-order chi connectivity index (χ1) is 15.1. The molecule has 5 nitrogen and oxygen atoms in total. The van der Waals surface area contributed by atoms with E-state index < -0.39 is 21.8 Å². The summed E-state index contributed by atoms with van der Waals surface area (Å²) in [6.45, 7) is 0. The fraction of sp³-hybridized carbons (Fsp3) is 0.174. The molecule has 0 saturated heterocycles. The Hall–Kier alpha value is -3.17. The number of nitrogens with two attached hydrogens (primary N) is 1. The fourth-order valence-electron chi connectivity index (χ4n) is 4.11. The molecule has 0 bridgehead atoms. The van der Waals surface area contributed by atoms with Gasteiger partial charge in [-0.1, -0.05) is 36.4 Å². The van der Waals surface area contributed by atoms with Crippen LogP contribution in [0.3, 0.4) is 0 Å². The highest BCUT2D eigenvalue weighted by atomic mass is 32.2. The van der Waals surface area contributed by atoms with E-state index in [0.29, 0.717) is 16.6 Å². The van der Waals surface area contributed by atoms with Crippen molar-refractivity contribution in [3.8, 4) is 11.1 Å². The largest absolute Gasteiger partial charge is 0.416 e. The Morgan fingerprint density at radius 3 is 2.38 bits per heavy atom. The van der Waals surface area contributed by atoms with Gasteiger partial charge < -0.3 is 4.98 Å². The number of aromatic nitrogens is 2. The second kappa shape index (κ2) is 7.18. The fourth-order valence-corrected chi connectivity index (χ4v) is 4.87. The van der Waals surface area contributed by atoms with E-state index in [1.54, 1.807) is 30.3 Å². The van der Waals surface area contributed by atoms with Gasteiger partial charge in [-0.3, -0.25) is 0 Å². The minimum absolute atomic E-state index is 0.0414. The molecule has 9 heteroatoms. The Labute approximate surface area is 182 Å². The zero-order valence-electron chi connectivity index (χ0n) is 16.6. The number of nitrogens with zero attached hydrogens (tertiary/aromatic N) is 1. The number of hydrogen-bond acceptors (Lipinski definition) is 3. The van der Waals surface area contributed by atoms with Crippen molar-refractivity contribution < 1.29 is 21.6 Å². The normalized spacial score (nSPS) is 18.8. The Balaban J connectivity index is 1.43. The van der Waals surface area contributed by atoms with Gasteiger partial charge in [0.15, 0.2) is 0 Å². The van der Waals surface area contributed by atoms with E-state index in [-0.39, 0.29) is 16.7 Å². The van der Waals surface area contributed by atoms with E-state index in [9.17, 15) is 21.6 Å². The summed E-state index contributed by atoms with van der Waals surface area (Å²) >= 11 is 0. The number of alkyl halides is 3. The van der Waals surface area contributed by atoms with Crippen LogP contribution in [0.25, 0.3) is 22.2 Å². The maximum absolute atomic E-state index is 12.8. The van der Waals surface area contributed by atoms with Crippen molar-refractivity contribution in [3.63, 3.8) is 0 Å². The lowest BCUT2D eigenvalue weighted by molar-refractivity contribution is -0.137. The van der Waals surface area contributed by atoms with Crippen molar-refractivity contribution in [2.45, 2.75) is 29.3 Å². The smallest absolute Gasteiger partial charge is 0.342 e. The predicted octanol–water partition coefficient (Wildman–Crippen LogP) is 5.17. The van der Waals surface area contributed by atoms with Crippen molar-refractivity contribution in [3.05, 3.63) is 83.7 Å². The molecule has 1 saturated carbocycles. The highest BCUT2D eigenvalue weighted by Gasteiger charge is 2.42.